The van der Waals surface area contributed by atoms with Gasteiger partial charge in [0.25, 0.3) is 5.89 Å². The highest BCUT2D eigenvalue weighted by molar-refractivity contribution is 5.93. The van der Waals surface area contributed by atoms with Gasteiger partial charge in [-0.3, -0.25) is 0 Å². The standard InChI is InChI=1S/C22H31N5O2/c1-3-4-12-20-25-21(29-26-20)18-10-5-6-11-19(18)24-22(28)23-15-13-16-8-7-9-17(14-15)27(16)2/h5-6,10-11,15-17H,3-4,7-9,12-14H2,1-2H3,(H2,23,24,28)/t15?,16-,17+. The second-order valence-electron chi connectivity index (χ2n) is 8.34. The first kappa shape index (κ1) is 19.9. The van der Waals surface area contributed by atoms with Gasteiger partial charge in [0.05, 0.1) is 11.3 Å². The molecule has 0 aliphatic carbocycles. The maximum absolute atomic E-state index is 12.7. The maximum Gasteiger partial charge on any atom is 0.319 e. The van der Waals surface area contributed by atoms with Crippen molar-refractivity contribution in [2.24, 2.45) is 0 Å². The zero-order chi connectivity index (χ0) is 20.2. The largest absolute Gasteiger partial charge is 0.335 e. The fraction of sp³-hybridized carbons (Fsp3) is 0.591. The number of unbranched alkanes of at least 4 members (excludes halogenated alkanes) is 1. The van der Waals surface area contributed by atoms with E-state index in [-0.39, 0.29) is 12.1 Å². The highest BCUT2D eigenvalue weighted by atomic mass is 16.5. The minimum absolute atomic E-state index is 0.171. The molecule has 3 atom stereocenters. The van der Waals surface area contributed by atoms with Crippen molar-refractivity contribution in [2.45, 2.75) is 76.4 Å². The van der Waals surface area contributed by atoms with Crippen LogP contribution in [0.15, 0.2) is 28.8 Å². The van der Waals surface area contributed by atoms with Crippen LogP contribution in [0, 0.1) is 0 Å². The first-order chi connectivity index (χ1) is 14.1. The van der Waals surface area contributed by atoms with Gasteiger partial charge in [0.2, 0.25) is 0 Å². The van der Waals surface area contributed by atoms with Crippen LogP contribution in [0.2, 0.25) is 0 Å². The average Bonchev–Trinajstić information content (AvgIpc) is 3.16. The van der Waals surface area contributed by atoms with Gasteiger partial charge in [-0.25, -0.2) is 4.79 Å². The molecular formula is C22H31N5O2. The summed E-state index contributed by atoms with van der Waals surface area (Å²) >= 11 is 0. The Hall–Kier alpha value is -2.41. The molecular weight excluding hydrogens is 366 g/mol. The molecule has 1 aromatic carbocycles. The van der Waals surface area contributed by atoms with Crippen molar-refractivity contribution >= 4 is 11.7 Å². The summed E-state index contributed by atoms with van der Waals surface area (Å²) in [5.74, 6) is 1.15. The number of aryl methyl sites for hydroxylation is 1. The third-order valence-electron chi connectivity index (χ3n) is 6.30. The molecule has 7 heteroatoms. The lowest BCUT2D eigenvalue weighted by molar-refractivity contribution is 0.0513. The van der Waals surface area contributed by atoms with Crippen molar-refractivity contribution in [2.75, 3.05) is 12.4 Å². The third-order valence-corrected chi connectivity index (χ3v) is 6.30. The number of benzene rings is 1. The number of rotatable bonds is 6. The molecule has 2 aliphatic rings. The smallest absolute Gasteiger partial charge is 0.319 e. The summed E-state index contributed by atoms with van der Waals surface area (Å²) in [6.07, 6.45) is 8.71. The quantitative estimate of drug-likeness (QED) is 0.763. The Kier molecular flexibility index (Phi) is 6.13. The van der Waals surface area contributed by atoms with Crippen LogP contribution >= 0.6 is 0 Å². The lowest BCUT2D eigenvalue weighted by atomic mass is 9.82. The summed E-state index contributed by atoms with van der Waals surface area (Å²) in [5.41, 5.74) is 1.43. The molecule has 2 bridgehead atoms. The van der Waals surface area contributed by atoms with Gasteiger partial charge in [0.1, 0.15) is 0 Å². The van der Waals surface area contributed by atoms with Crippen LogP contribution < -0.4 is 10.6 Å². The highest BCUT2D eigenvalue weighted by Crippen LogP contribution is 2.33. The van der Waals surface area contributed by atoms with Crippen LogP contribution in [0.1, 0.15) is 57.7 Å². The molecule has 156 valence electrons. The minimum atomic E-state index is -0.171. The Bertz CT molecular complexity index is 822. The summed E-state index contributed by atoms with van der Waals surface area (Å²) < 4.78 is 5.44. The van der Waals surface area contributed by atoms with Gasteiger partial charge >= 0.3 is 6.03 Å². The molecule has 1 aromatic heterocycles. The molecule has 7 nitrogen and oxygen atoms in total. The van der Waals surface area contributed by atoms with Crippen molar-refractivity contribution in [1.82, 2.24) is 20.4 Å². The number of nitrogens with one attached hydrogen (secondary N) is 2. The number of hydrogen-bond acceptors (Lipinski definition) is 5. The number of piperidine rings is 2. The molecule has 0 saturated carbocycles. The number of anilines is 1. The molecule has 2 N–H and O–H groups in total. The van der Waals surface area contributed by atoms with E-state index < -0.39 is 0 Å². The first-order valence-electron chi connectivity index (χ1n) is 10.9. The monoisotopic (exact) mass is 397 g/mol. The highest BCUT2D eigenvalue weighted by Gasteiger charge is 2.36. The van der Waals surface area contributed by atoms with Crippen LogP contribution in [-0.2, 0) is 6.42 Å². The maximum atomic E-state index is 12.7. The number of carbonyl (C=O) groups is 1. The summed E-state index contributed by atoms with van der Waals surface area (Å²) in [6, 6.07) is 8.79. The van der Waals surface area contributed by atoms with E-state index in [9.17, 15) is 4.79 Å². The van der Waals surface area contributed by atoms with Crippen molar-refractivity contribution in [3.05, 3.63) is 30.1 Å². The van der Waals surface area contributed by atoms with Crippen LogP contribution in [0.5, 0.6) is 0 Å². The average molecular weight is 398 g/mol. The molecule has 2 amide bonds. The number of aromatic nitrogens is 2. The van der Waals surface area contributed by atoms with E-state index in [2.05, 4.69) is 39.6 Å². The zero-order valence-electron chi connectivity index (χ0n) is 17.4. The van der Waals surface area contributed by atoms with E-state index in [1.54, 1.807) is 0 Å². The van der Waals surface area contributed by atoms with Crippen LogP contribution in [0.25, 0.3) is 11.5 Å². The number of hydrogen-bond donors (Lipinski definition) is 2. The molecule has 1 unspecified atom stereocenters. The number of amides is 2. The zero-order valence-corrected chi connectivity index (χ0v) is 17.4. The van der Waals surface area contributed by atoms with Gasteiger partial charge in [0, 0.05) is 24.5 Å². The fourth-order valence-electron chi connectivity index (χ4n) is 4.66. The van der Waals surface area contributed by atoms with Crippen molar-refractivity contribution < 1.29 is 9.32 Å². The van der Waals surface area contributed by atoms with Crippen LogP contribution in [-0.4, -0.2) is 46.2 Å². The molecule has 2 fully saturated rings. The van der Waals surface area contributed by atoms with E-state index in [1.807, 2.05) is 24.3 Å². The molecule has 29 heavy (non-hydrogen) atoms. The van der Waals surface area contributed by atoms with E-state index in [0.717, 1.165) is 37.7 Å². The van der Waals surface area contributed by atoms with E-state index in [1.165, 1.54) is 19.3 Å². The fourth-order valence-corrected chi connectivity index (χ4v) is 4.66. The number of urea groups is 1. The SMILES string of the molecule is CCCCc1noc(-c2ccccc2NC(=O)NC2C[C@H]3CCC[C@@H](C2)N3C)n1. The van der Waals surface area contributed by atoms with Gasteiger partial charge in [-0.05, 0) is 51.3 Å². The second-order valence-corrected chi connectivity index (χ2v) is 8.34. The lowest BCUT2D eigenvalue weighted by Gasteiger charge is -2.47. The molecule has 2 aliphatic heterocycles. The lowest BCUT2D eigenvalue weighted by Crippen LogP contribution is -2.55. The van der Waals surface area contributed by atoms with Gasteiger partial charge in [0.15, 0.2) is 5.82 Å². The summed E-state index contributed by atoms with van der Waals surface area (Å²) in [7, 11) is 2.22. The second kappa shape index (κ2) is 8.95. The van der Waals surface area contributed by atoms with Crippen molar-refractivity contribution in [1.29, 1.82) is 0 Å². The minimum Gasteiger partial charge on any atom is -0.335 e. The summed E-state index contributed by atoms with van der Waals surface area (Å²) in [5, 5.41) is 10.2. The number of fused-ring (bicyclic) bond motifs is 2. The number of nitrogens with zero attached hydrogens (tertiary/aromatic N) is 3. The molecule has 4 rings (SSSR count). The molecule has 0 spiro atoms. The Labute approximate surface area is 172 Å². The predicted octanol–water partition coefficient (Wildman–Crippen LogP) is 4.22. The molecule has 0 radical (unpaired) electrons. The van der Waals surface area contributed by atoms with Gasteiger partial charge in [-0.1, -0.05) is 37.1 Å². The molecule has 2 saturated heterocycles. The van der Waals surface area contributed by atoms with Crippen molar-refractivity contribution in [3.8, 4) is 11.5 Å². The Balaban J connectivity index is 1.41. The van der Waals surface area contributed by atoms with Crippen molar-refractivity contribution in [3.63, 3.8) is 0 Å². The predicted molar refractivity (Wildman–Crippen MR) is 113 cm³/mol. The Morgan fingerprint density at radius 3 is 2.76 bits per heavy atom. The number of carbonyl (C=O) groups excluding carboxylic acids is 1. The Morgan fingerprint density at radius 2 is 2.00 bits per heavy atom. The third kappa shape index (κ3) is 4.61. The van der Waals surface area contributed by atoms with E-state index in [0.29, 0.717) is 29.5 Å². The van der Waals surface area contributed by atoms with Gasteiger partial charge < -0.3 is 20.1 Å². The van der Waals surface area contributed by atoms with Crippen LogP contribution in [0.3, 0.4) is 0 Å². The van der Waals surface area contributed by atoms with Gasteiger partial charge in [-0.2, -0.15) is 4.98 Å². The molecule has 2 aromatic rings. The summed E-state index contributed by atoms with van der Waals surface area (Å²) in [6.45, 7) is 2.14. The van der Waals surface area contributed by atoms with E-state index >= 15 is 0 Å². The number of para-hydroxylation sites is 1. The van der Waals surface area contributed by atoms with Gasteiger partial charge in [-0.15, -0.1) is 0 Å². The van der Waals surface area contributed by atoms with E-state index in [4.69, 9.17) is 4.52 Å². The Morgan fingerprint density at radius 1 is 1.24 bits per heavy atom. The first-order valence-corrected chi connectivity index (χ1v) is 10.9. The topological polar surface area (TPSA) is 83.3 Å². The molecule has 3 heterocycles. The normalized spacial score (nSPS) is 24.3. The van der Waals surface area contributed by atoms with Crippen LogP contribution in [0.4, 0.5) is 10.5 Å². The summed E-state index contributed by atoms with van der Waals surface area (Å²) in [4.78, 5) is 19.7.